The molecule has 158 valence electrons. The molecular formula is C22H21N5O4. The van der Waals surface area contributed by atoms with Gasteiger partial charge in [0.1, 0.15) is 17.1 Å². The molecule has 0 aliphatic rings. The zero-order valence-electron chi connectivity index (χ0n) is 16.8. The zero-order chi connectivity index (χ0) is 22.2. The van der Waals surface area contributed by atoms with Crippen molar-refractivity contribution >= 4 is 29.6 Å². The third-order valence-electron chi connectivity index (χ3n) is 4.16. The Kier molecular flexibility index (Phi) is 6.79. The molecule has 2 amide bonds. The maximum absolute atomic E-state index is 11.8. The van der Waals surface area contributed by atoms with Crippen molar-refractivity contribution in [3.05, 3.63) is 72.9 Å². The quantitative estimate of drug-likeness (QED) is 0.382. The molecule has 31 heavy (non-hydrogen) atoms. The van der Waals surface area contributed by atoms with Crippen LogP contribution in [0.1, 0.15) is 10.4 Å². The number of carbonyl (C=O) groups is 2. The number of nitrogens with one attached hydrogen (secondary N) is 1. The Labute approximate surface area is 179 Å². The summed E-state index contributed by atoms with van der Waals surface area (Å²) in [5.74, 6) is 0.463. The minimum Gasteiger partial charge on any atom is -0.497 e. The van der Waals surface area contributed by atoms with E-state index in [4.69, 9.17) is 15.2 Å². The molecule has 0 unspecified atom stereocenters. The predicted molar refractivity (Wildman–Crippen MR) is 117 cm³/mol. The third-order valence-corrected chi connectivity index (χ3v) is 4.16. The molecular weight excluding hydrogens is 398 g/mol. The van der Waals surface area contributed by atoms with Crippen molar-refractivity contribution in [1.82, 2.24) is 9.97 Å². The number of nitrogens with two attached hydrogens (primary N) is 1. The van der Waals surface area contributed by atoms with Crippen molar-refractivity contribution in [1.29, 1.82) is 0 Å². The number of benzene rings is 2. The van der Waals surface area contributed by atoms with Crippen molar-refractivity contribution in [2.45, 2.75) is 0 Å². The molecule has 0 bridgehead atoms. The summed E-state index contributed by atoms with van der Waals surface area (Å²) in [6.07, 6.45) is 3.58. The van der Waals surface area contributed by atoms with Crippen molar-refractivity contribution in [2.75, 3.05) is 23.9 Å². The van der Waals surface area contributed by atoms with Crippen LogP contribution in [0.15, 0.2) is 67.4 Å². The summed E-state index contributed by atoms with van der Waals surface area (Å²) >= 11 is 0. The Morgan fingerprint density at radius 1 is 1.23 bits per heavy atom. The van der Waals surface area contributed by atoms with Crippen LogP contribution in [0.5, 0.6) is 17.4 Å². The molecule has 0 spiro atoms. The van der Waals surface area contributed by atoms with Crippen LogP contribution in [0.25, 0.3) is 0 Å². The van der Waals surface area contributed by atoms with E-state index in [-0.39, 0.29) is 17.4 Å². The number of aromatic nitrogens is 2. The highest BCUT2D eigenvalue weighted by atomic mass is 16.5. The second kappa shape index (κ2) is 9.88. The maximum atomic E-state index is 11.8. The van der Waals surface area contributed by atoms with E-state index in [9.17, 15) is 9.59 Å². The SMILES string of the molecule is C=CCN(C=O)c1cccc(Oc2nc(Nc3cccc(OC)c3)ncc2C(N)=O)c1. The summed E-state index contributed by atoms with van der Waals surface area (Å²) in [4.78, 5) is 33.0. The normalized spacial score (nSPS) is 10.1. The molecule has 2 aromatic carbocycles. The number of hydrogen-bond acceptors (Lipinski definition) is 7. The molecule has 0 atom stereocenters. The van der Waals surface area contributed by atoms with Gasteiger partial charge in [0.15, 0.2) is 0 Å². The van der Waals surface area contributed by atoms with Gasteiger partial charge in [0.25, 0.3) is 5.91 Å². The van der Waals surface area contributed by atoms with Crippen LogP contribution in [0.4, 0.5) is 17.3 Å². The minimum absolute atomic E-state index is 0.0138. The van der Waals surface area contributed by atoms with Gasteiger partial charge in [0.2, 0.25) is 18.2 Å². The number of hydrogen-bond donors (Lipinski definition) is 2. The highest BCUT2D eigenvalue weighted by Crippen LogP contribution is 2.28. The third kappa shape index (κ3) is 5.36. The molecule has 3 rings (SSSR count). The average Bonchev–Trinajstić information content (AvgIpc) is 2.77. The van der Waals surface area contributed by atoms with Crippen LogP contribution in [-0.4, -0.2) is 35.9 Å². The topological polar surface area (TPSA) is 120 Å². The summed E-state index contributed by atoms with van der Waals surface area (Å²) in [6.45, 7) is 3.97. The van der Waals surface area contributed by atoms with Crippen LogP contribution >= 0.6 is 0 Å². The van der Waals surface area contributed by atoms with Gasteiger partial charge >= 0.3 is 0 Å². The van der Waals surface area contributed by atoms with E-state index in [1.807, 2.05) is 12.1 Å². The second-order valence-corrected chi connectivity index (χ2v) is 6.28. The van der Waals surface area contributed by atoms with E-state index in [1.54, 1.807) is 49.6 Å². The Morgan fingerprint density at radius 2 is 2.00 bits per heavy atom. The summed E-state index contributed by atoms with van der Waals surface area (Å²) < 4.78 is 11.0. The van der Waals surface area contributed by atoms with Crippen LogP contribution < -0.4 is 25.4 Å². The van der Waals surface area contributed by atoms with Crippen molar-refractivity contribution in [3.8, 4) is 17.4 Å². The molecule has 0 radical (unpaired) electrons. The smallest absolute Gasteiger partial charge is 0.255 e. The highest BCUT2D eigenvalue weighted by Gasteiger charge is 2.16. The number of nitrogens with zero attached hydrogens (tertiary/aromatic N) is 3. The van der Waals surface area contributed by atoms with E-state index in [0.717, 1.165) is 0 Å². The Hall–Kier alpha value is -4.40. The Morgan fingerprint density at radius 3 is 2.71 bits per heavy atom. The van der Waals surface area contributed by atoms with Gasteiger partial charge in [-0.3, -0.25) is 9.59 Å². The first-order chi connectivity index (χ1) is 15.0. The lowest BCUT2D eigenvalue weighted by atomic mass is 10.2. The summed E-state index contributed by atoms with van der Waals surface area (Å²) in [5, 5.41) is 3.03. The number of rotatable bonds is 10. The Bertz CT molecular complexity index is 1100. The molecule has 3 aromatic rings. The molecule has 0 saturated heterocycles. The molecule has 0 fully saturated rings. The fourth-order valence-corrected chi connectivity index (χ4v) is 2.69. The molecule has 3 N–H and O–H groups in total. The van der Waals surface area contributed by atoms with Crippen molar-refractivity contribution in [2.24, 2.45) is 5.73 Å². The van der Waals surface area contributed by atoms with Crippen LogP contribution in [0.2, 0.25) is 0 Å². The van der Waals surface area contributed by atoms with E-state index < -0.39 is 5.91 Å². The van der Waals surface area contributed by atoms with E-state index in [2.05, 4.69) is 21.9 Å². The fraction of sp³-hybridized carbons (Fsp3) is 0.0909. The van der Waals surface area contributed by atoms with Crippen LogP contribution in [-0.2, 0) is 4.79 Å². The van der Waals surface area contributed by atoms with Gasteiger partial charge in [0, 0.05) is 36.2 Å². The van der Waals surface area contributed by atoms with Gasteiger partial charge in [-0.15, -0.1) is 6.58 Å². The number of carbonyl (C=O) groups excluding carboxylic acids is 2. The maximum Gasteiger partial charge on any atom is 0.255 e. The standard InChI is InChI=1S/C22H21N5O4/c1-3-10-27(14-28)16-7-5-9-18(12-16)31-21-19(20(23)29)13-24-22(26-21)25-15-6-4-8-17(11-15)30-2/h3-9,11-14H,1,10H2,2H3,(H2,23,29)(H,24,25,26). The molecule has 9 heteroatoms. The van der Waals surface area contributed by atoms with Gasteiger partial charge in [-0.1, -0.05) is 18.2 Å². The molecule has 0 aliphatic carbocycles. The first-order valence-electron chi connectivity index (χ1n) is 9.22. The van der Waals surface area contributed by atoms with Gasteiger partial charge in [-0.05, 0) is 24.3 Å². The second-order valence-electron chi connectivity index (χ2n) is 6.28. The zero-order valence-corrected chi connectivity index (χ0v) is 16.8. The van der Waals surface area contributed by atoms with E-state index in [0.29, 0.717) is 35.8 Å². The fourth-order valence-electron chi connectivity index (χ4n) is 2.69. The monoisotopic (exact) mass is 419 g/mol. The largest absolute Gasteiger partial charge is 0.497 e. The lowest BCUT2D eigenvalue weighted by Crippen LogP contribution is -2.20. The number of anilines is 3. The number of methoxy groups -OCH3 is 1. The molecule has 9 nitrogen and oxygen atoms in total. The number of ether oxygens (including phenoxy) is 2. The van der Waals surface area contributed by atoms with Crippen LogP contribution in [0.3, 0.4) is 0 Å². The predicted octanol–water partition coefficient (Wildman–Crippen LogP) is 3.27. The van der Waals surface area contributed by atoms with E-state index >= 15 is 0 Å². The number of amides is 2. The Balaban J connectivity index is 1.90. The number of primary amides is 1. The summed E-state index contributed by atoms with van der Waals surface area (Å²) in [5.41, 5.74) is 6.74. The minimum atomic E-state index is -0.736. The van der Waals surface area contributed by atoms with E-state index in [1.165, 1.54) is 11.1 Å². The van der Waals surface area contributed by atoms with Gasteiger partial charge in [0.05, 0.1) is 7.11 Å². The van der Waals surface area contributed by atoms with Gasteiger partial charge in [-0.25, -0.2) is 4.98 Å². The molecule has 1 heterocycles. The van der Waals surface area contributed by atoms with Crippen molar-refractivity contribution in [3.63, 3.8) is 0 Å². The first kappa shape index (κ1) is 21.3. The first-order valence-corrected chi connectivity index (χ1v) is 9.22. The molecule has 0 aliphatic heterocycles. The van der Waals surface area contributed by atoms with Crippen LogP contribution in [0, 0.1) is 0 Å². The van der Waals surface area contributed by atoms with Crippen molar-refractivity contribution < 1.29 is 19.1 Å². The van der Waals surface area contributed by atoms with Gasteiger partial charge < -0.3 is 25.4 Å². The molecule has 1 aromatic heterocycles. The average molecular weight is 419 g/mol. The summed E-state index contributed by atoms with van der Waals surface area (Å²) in [6, 6.07) is 14.0. The summed E-state index contributed by atoms with van der Waals surface area (Å²) in [7, 11) is 1.57. The van der Waals surface area contributed by atoms with Gasteiger partial charge in [-0.2, -0.15) is 4.98 Å². The lowest BCUT2D eigenvalue weighted by Gasteiger charge is -2.16. The highest BCUT2D eigenvalue weighted by molar-refractivity contribution is 5.95. The molecule has 0 saturated carbocycles. The lowest BCUT2D eigenvalue weighted by molar-refractivity contribution is -0.107.